The van der Waals surface area contributed by atoms with E-state index in [4.69, 9.17) is 28.3 Å². The van der Waals surface area contributed by atoms with Crippen LogP contribution in [-0.2, 0) is 4.79 Å². The third-order valence-corrected chi connectivity index (χ3v) is 2.77. The first-order valence-corrected chi connectivity index (χ1v) is 5.83. The highest BCUT2D eigenvalue weighted by molar-refractivity contribution is 6.42. The minimum atomic E-state index is -0.266. The Morgan fingerprint density at radius 1 is 1.47 bits per heavy atom. The summed E-state index contributed by atoms with van der Waals surface area (Å²) in [5.41, 5.74) is 0.784. The molecule has 1 aromatic rings. The maximum absolute atomic E-state index is 11.4. The van der Waals surface area contributed by atoms with Crippen LogP contribution < -0.4 is 5.32 Å². The molecule has 0 heterocycles. The first-order valence-electron chi connectivity index (χ1n) is 5.07. The van der Waals surface area contributed by atoms with Gasteiger partial charge in [0.2, 0.25) is 5.91 Å². The monoisotopic (exact) mass is 273 g/mol. The number of benzene rings is 1. The zero-order chi connectivity index (χ0) is 12.8. The highest BCUT2D eigenvalue weighted by Crippen LogP contribution is 2.22. The Labute approximate surface area is 110 Å². The first kappa shape index (κ1) is 14.0. The Kier molecular flexibility index (Phi) is 5.48. The van der Waals surface area contributed by atoms with E-state index in [9.17, 15) is 4.79 Å². The van der Waals surface area contributed by atoms with Crippen LogP contribution >= 0.6 is 23.2 Å². The summed E-state index contributed by atoms with van der Waals surface area (Å²) in [4.78, 5) is 11.4. The molecule has 0 fully saturated rings. The van der Waals surface area contributed by atoms with Crippen molar-refractivity contribution in [1.82, 2.24) is 5.32 Å². The predicted molar refractivity (Wildman–Crippen MR) is 70.2 cm³/mol. The van der Waals surface area contributed by atoms with Crippen molar-refractivity contribution in [3.8, 4) is 0 Å². The second kappa shape index (κ2) is 6.64. The minimum Gasteiger partial charge on any atom is -0.394 e. The fourth-order valence-corrected chi connectivity index (χ4v) is 1.43. The molecule has 0 radical (unpaired) electrons. The number of halogens is 2. The van der Waals surface area contributed by atoms with E-state index in [-0.39, 0.29) is 18.6 Å². The van der Waals surface area contributed by atoms with E-state index >= 15 is 0 Å². The summed E-state index contributed by atoms with van der Waals surface area (Å²) in [5.74, 6) is -0.266. The molecule has 92 valence electrons. The van der Waals surface area contributed by atoms with Gasteiger partial charge in [0.1, 0.15) is 0 Å². The van der Waals surface area contributed by atoms with Crippen molar-refractivity contribution < 1.29 is 9.90 Å². The van der Waals surface area contributed by atoms with Crippen molar-refractivity contribution in [3.05, 3.63) is 39.9 Å². The highest BCUT2D eigenvalue weighted by atomic mass is 35.5. The Morgan fingerprint density at radius 2 is 2.18 bits per heavy atom. The second-order valence-electron chi connectivity index (χ2n) is 3.60. The molecule has 0 aliphatic rings. The normalized spacial score (nSPS) is 12.7. The van der Waals surface area contributed by atoms with Crippen LogP contribution in [0, 0.1) is 0 Å². The summed E-state index contributed by atoms with van der Waals surface area (Å²) in [6, 6.07) is 4.83. The number of carbonyl (C=O) groups is 1. The summed E-state index contributed by atoms with van der Waals surface area (Å²) in [5, 5.41) is 12.3. The third-order valence-electron chi connectivity index (χ3n) is 2.03. The number of nitrogens with one attached hydrogen (secondary N) is 1. The Hall–Kier alpha value is -1.03. The smallest absolute Gasteiger partial charge is 0.244 e. The lowest BCUT2D eigenvalue weighted by Crippen LogP contribution is -2.33. The molecule has 0 aliphatic heterocycles. The number of aliphatic hydroxyl groups is 1. The quantitative estimate of drug-likeness (QED) is 0.829. The van der Waals surface area contributed by atoms with Crippen LogP contribution in [0.2, 0.25) is 10.0 Å². The van der Waals surface area contributed by atoms with Gasteiger partial charge in [-0.3, -0.25) is 4.79 Å². The minimum absolute atomic E-state index is 0.0909. The van der Waals surface area contributed by atoms with E-state index in [0.717, 1.165) is 5.56 Å². The van der Waals surface area contributed by atoms with Crippen LogP contribution in [0.3, 0.4) is 0 Å². The van der Waals surface area contributed by atoms with Crippen LogP contribution in [-0.4, -0.2) is 23.7 Å². The van der Waals surface area contributed by atoms with E-state index in [2.05, 4.69) is 5.32 Å². The van der Waals surface area contributed by atoms with E-state index in [1.54, 1.807) is 31.2 Å². The summed E-state index contributed by atoms with van der Waals surface area (Å²) < 4.78 is 0. The van der Waals surface area contributed by atoms with E-state index < -0.39 is 0 Å². The molecule has 1 amide bonds. The molecule has 1 rings (SSSR count). The van der Waals surface area contributed by atoms with Gasteiger partial charge >= 0.3 is 0 Å². The maximum Gasteiger partial charge on any atom is 0.244 e. The van der Waals surface area contributed by atoms with Gasteiger partial charge in [-0.05, 0) is 30.7 Å². The Bertz CT molecular complexity index is 433. The molecule has 3 nitrogen and oxygen atoms in total. The summed E-state index contributed by atoms with van der Waals surface area (Å²) in [7, 11) is 0. The molecule has 1 atom stereocenters. The predicted octanol–water partition coefficient (Wildman–Crippen LogP) is 2.50. The third kappa shape index (κ3) is 4.77. The zero-order valence-electron chi connectivity index (χ0n) is 9.28. The number of aliphatic hydroxyl groups excluding tert-OH is 1. The molecule has 17 heavy (non-hydrogen) atoms. The lowest BCUT2D eigenvalue weighted by molar-refractivity contribution is -0.117. The van der Waals surface area contributed by atoms with Crippen LogP contribution in [0.1, 0.15) is 12.5 Å². The lowest BCUT2D eigenvalue weighted by Gasteiger charge is -2.07. The largest absolute Gasteiger partial charge is 0.394 e. The zero-order valence-corrected chi connectivity index (χ0v) is 10.8. The molecular formula is C12H13Cl2NO2. The standard InChI is InChI=1S/C12H13Cl2NO2/c1-8(7-16)15-12(17)5-3-9-2-4-10(13)11(14)6-9/h2-6,8,16H,7H2,1H3,(H,15,17)/b5-3+. The molecule has 0 aliphatic carbocycles. The van der Waals surface area contributed by atoms with Crippen molar-refractivity contribution in [3.63, 3.8) is 0 Å². The number of hydrogen-bond acceptors (Lipinski definition) is 2. The lowest BCUT2D eigenvalue weighted by atomic mass is 10.2. The Balaban J connectivity index is 2.64. The molecule has 5 heteroatoms. The van der Waals surface area contributed by atoms with Crippen LogP contribution in [0.15, 0.2) is 24.3 Å². The van der Waals surface area contributed by atoms with Gasteiger partial charge in [0.15, 0.2) is 0 Å². The fourth-order valence-electron chi connectivity index (χ4n) is 1.12. The number of rotatable bonds is 4. The number of hydrogen-bond donors (Lipinski definition) is 2. The van der Waals surface area contributed by atoms with Gasteiger partial charge in [-0.15, -0.1) is 0 Å². The summed E-state index contributed by atoms with van der Waals surface area (Å²) in [6.07, 6.45) is 3.01. The van der Waals surface area contributed by atoms with Crippen LogP contribution in [0.4, 0.5) is 0 Å². The van der Waals surface area contributed by atoms with Gasteiger partial charge in [0.25, 0.3) is 0 Å². The van der Waals surface area contributed by atoms with Gasteiger partial charge < -0.3 is 10.4 Å². The Morgan fingerprint density at radius 3 is 2.76 bits per heavy atom. The molecule has 0 saturated carbocycles. The summed E-state index contributed by atoms with van der Waals surface area (Å²) in [6.45, 7) is 1.62. The number of amides is 1. The number of carbonyl (C=O) groups excluding carboxylic acids is 1. The second-order valence-corrected chi connectivity index (χ2v) is 4.41. The van der Waals surface area contributed by atoms with Gasteiger partial charge in [0.05, 0.1) is 16.7 Å². The fraction of sp³-hybridized carbons (Fsp3) is 0.250. The van der Waals surface area contributed by atoms with Crippen molar-refractivity contribution in [2.75, 3.05) is 6.61 Å². The molecule has 0 bridgehead atoms. The van der Waals surface area contributed by atoms with E-state index in [1.165, 1.54) is 6.08 Å². The molecule has 0 spiro atoms. The maximum atomic E-state index is 11.4. The molecule has 1 aromatic carbocycles. The summed E-state index contributed by atoms with van der Waals surface area (Å²) >= 11 is 11.6. The van der Waals surface area contributed by atoms with Crippen molar-refractivity contribution in [2.24, 2.45) is 0 Å². The molecule has 1 unspecified atom stereocenters. The van der Waals surface area contributed by atoms with Gasteiger partial charge in [-0.25, -0.2) is 0 Å². The average Bonchev–Trinajstić information content (AvgIpc) is 2.30. The van der Waals surface area contributed by atoms with Crippen LogP contribution in [0.25, 0.3) is 6.08 Å². The van der Waals surface area contributed by atoms with Crippen LogP contribution in [0.5, 0.6) is 0 Å². The van der Waals surface area contributed by atoms with Crippen molar-refractivity contribution in [1.29, 1.82) is 0 Å². The first-order chi connectivity index (χ1) is 8.02. The molecule has 2 N–H and O–H groups in total. The average molecular weight is 274 g/mol. The molecule has 0 aromatic heterocycles. The SMILES string of the molecule is CC(CO)NC(=O)/C=C/c1ccc(Cl)c(Cl)c1. The van der Waals surface area contributed by atoms with Gasteiger partial charge in [-0.2, -0.15) is 0 Å². The van der Waals surface area contributed by atoms with Crippen molar-refractivity contribution >= 4 is 35.2 Å². The van der Waals surface area contributed by atoms with Crippen molar-refractivity contribution in [2.45, 2.75) is 13.0 Å². The molecule has 0 saturated heterocycles. The van der Waals surface area contributed by atoms with E-state index in [0.29, 0.717) is 10.0 Å². The van der Waals surface area contributed by atoms with Gasteiger partial charge in [0, 0.05) is 12.1 Å². The molecular weight excluding hydrogens is 261 g/mol. The topological polar surface area (TPSA) is 49.3 Å². The highest BCUT2D eigenvalue weighted by Gasteiger charge is 2.02. The van der Waals surface area contributed by atoms with E-state index in [1.807, 2.05) is 0 Å². The van der Waals surface area contributed by atoms with Gasteiger partial charge in [-0.1, -0.05) is 29.3 Å².